The molecule has 0 radical (unpaired) electrons. The zero-order chi connectivity index (χ0) is 14.9. The van der Waals surface area contributed by atoms with Crippen LogP contribution in [0.15, 0.2) is 10.7 Å². The van der Waals surface area contributed by atoms with Crippen LogP contribution in [0.25, 0.3) is 0 Å². The normalized spacial score (nSPS) is 12.9. The van der Waals surface area contributed by atoms with Gasteiger partial charge < -0.3 is 5.11 Å². The van der Waals surface area contributed by atoms with Gasteiger partial charge in [-0.25, -0.2) is 0 Å². The molecular formula is C14H21BrN4O. The van der Waals surface area contributed by atoms with Gasteiger partial charge in [-0.2, -0.15) is 10.2 Å². The summed E-state index contributed by atoms with van der Waals surface area (Å²) >= 11 is 3.57. The quantitative estimate of drug-likeness (QED) is 0.909. The summed E-state index contributed by atoms with van der Waals surface area (Å²) in [4.78, 5) is 0. The molecule has 0 aliphatic heterocycles. The predicted octanol–water partition coefficient (Wildman–Crippen LogP) is 2.55. The molecule has 2 heterocycles. The summed E-state index contributed by atoms with van der Waals surface area (Å²) < 4.78 is 4.68. The minimum atomic E-state index is -0.559. The van der Waals surface area contributed by atoms with Crippen LogP contribution in [0.4, 0.5) is 0 Å². The summed E-state index contributed by atoms with van der Waals surface area (Å²) in [6.45, 7) is 6.86. The summed E-state index contributed by atoms with van der Waals surface area (Å²) in [7, 11) is 1.88. The Labute approximate surface area is 127 Å². The number of nitrogens with zero attached hydrogens (tertiary/aromatic N) is 4. The molecule has 1 unspecified atom stereocenters. The van der Waals surface area contributed by atoms with Crippen LogP contribution in [0, 0.1) is 6.92 Å². The van der Waals surface area contributed by atoms with E-state index in [1.807, 2.05) is 24.9 Å². The lowest BCUT2D eigenvalue weighted by molar-refractivity contribution is 0.174. The molecule has 5 nitrogen and oxygen atoms in total. The van der Waals surface area contributed by atoms with Crippen LogP contribution in [0.3, 0.4) is 0 Å². The Morgan fingerprint density at radius 3 is 2.65 bits per heavy atom. The van der Waals surface area contributed by atoms with Crippen molar-refractivity contribution in [1.29, 1.82) is 0 Å². The van der Waals surface area contributed by atoms with E-state index in [0.717, 1.165) is 40.1 Å². The number of aryl methyl sites for hydroxylation is 4. The monoisotopic (exact) mass is 340 g/mol. The Bertz CT molecular complexity index is 603. The van der Waals surface area contributed by atoms with Crippen LogP contribution in [-0.2, 0) is 26.4 Å². The smallest absolute Gasteiger partial charge is 0.0878 e. The Balaban J connectivity index is 2.29. The summed E-state index contributed by atoms with van der Waals surface area (Å²) in [5.74, 6) is 0. The van der Waals surface area contributed by atoms with E-state index < -0.39 is 6.10 Å². The third-order valence-electron chi connectivity index (χ3n) is 3.47. The van der Waals surface area contributed by atoms with E-state index in [2.05, 4.69) is 40.0 Å². The van der Waals surface area contributed by atoms with Crippen LogP contribution in [0.5, 0.6) is 0 Å². The SMILES string of the molecule is CCc1nn(C)cc1C(O)Cc1c(Br)c(C)nn1CC. The molecule has 2 aromatic heterocycles. The van der Waals surface area contributed by atoms with Crippen LogP contribution < -0.4 is 0 Å². The lowest BCUT2D eigenvalue weighted by atomic mass is 10.0. The van der Waals surface area contributed by atoms with Crippen LogP contribution in [0.2, 0.25) is 0 Å². The maximum atomic E-state index is 10.5. The molecule has 110 valence electrons. The van der Waals surface area contributed by atoms with E-state index >= 15 is 0 Å². The van der Waals surface area contributed by atoms with E-state index in [4.69, 9.17) is 0 Å². The van der Waals surface area contributed by atoms with Crippen molar-refractivity contribution in [3.8, 4) is 0 Å². The highest BCUT2D eigenvalue weighted by atomic mass is 79.9. The second kappa shape index (κ2) is 6.10. The average molecular weight is 341 g/mol. The number of hydrogen-bond acceptors (Lipinski definition) is 3. The van der Waals surface area contributed by atoms with Crippen molar-refractivity contribution in [2.45, 2.75) is 46.3 Å². The predicted molar refractivity (Wildman–Crippen MR) is 81.6 cm³/mol. The highest BCUT2D eigenvalue weighted by Crippen LogP contribution is 2.27. The molecular weight excluding hydrogens is 320 g/mol. The Kier molecular flexibility index (Phi) is 4.65. The molecule has 0 aliphatic rings. The fourth-order valence-electron chi connectivity index (χ4n) is 2.46. The van der Waals surface area contributed by atoms with Crippen molar-refractivity contribution in [1.82, 2.24) is 19.6 Å². The van der Waals surface area contributed by atoms with Crippen molar-refractivity contribution in [3.05, 3.63) is 33.3 Å². The van der Waals surface area contributed by atoms with Crippen molar-refractivity contribution in [2.75, 3.05) is 0 Å². The van der Waals surface area contributed by atoms with E-state index in [-0.39, 0.29) is 0 Å². The van der Waals surface area contributed by atoms with Gasteiger partial charge in [0.1, 0.15) is 0 Å². The topological polar surface area (TPSA) is 55.9 Å². The third kappa shape index (κ3) is 2.81. The maximum absolute atomic E-state index is 10.5. The summed E-state index contributed by atoms with van der Waals surface area (Å²) in [6.07, 6.45) is 2.70. The van der Waals surface area contributed by atoms with Crippen molar-refractivity contribution in [3.63, 3.8) is 0 Å². The van der Waals surface area contributed by atoms with Gasteiger partial charge in [0.05, 0.1) is 27.7 Å². The van der Waals surface area contributed by atoms with Crippen molar-refractivity contribution >= 4 is 15.9 Å². The number of halogens is 1. The number of aromatic nitrogens is 4. The first-order valence-electron chi connectivity index (χ1n) is 6.90. The molecule has 0 bridgehead atoms. The first-order valence-corrected chi connectivity index (χ1v) is 7.69. The first-order chi connectivity index (χ1) is 9.47. The molecule has 1 atom stereocenters. The van der Waals surface area contributed by atoms with Gasteiger partial charge in [0.2, 0.25) is 0 Å². The molecule has 0 spiro atoms. The minimum Gasteiger partial charge on any atom is -0.388 e. The minimum absolute atomic E-state index is 0.536. The fraction of sp³-hybridized carbons (Fsp3) is 0.571. The maximum Gasteiger partial charge on any atom is 0.0878 e. The average Bonchev–Trinajstić information content (AvgIpc) is 2.93. The van der Waals surface area contributed by atoms with Crippen LogP contribution in [-0.4, -0.2) is 24.7 Å². The van der Waals surface area contributed by atoms with Gasteiger partial charge in [-0.1, -0.05) is 6.92 Å². The summed E-state index contributed by atoms with van der Waals surface area (Å²) in [6, 6.07) is 0. The second-order valence-corrected chi connectivity index (χ2v) is 5.73. The van der Waals surface area contributed by atoms with Gasteiger partial charge in [-0.15, -0.1) is 0 Å². The van der Waals surface area contributed by atoms with E-state index in [1.54, 1.807) is 4.68 Å². The zero-order valence-corrected chi connectivity index (χ0v) is 14.0. The molecule has 0 aromatic carbocycles. The largest absolute Gasteiger partial charge is 0.388 e. The Morgan fingerprint density at radius 1 is 1.35 bits per heavy atom. The van der Waals surface area contributed by atoms with Gasteiger partial charge in [0.25, 0.3) is 0 Å². The molecule has 2 aromatic rings. The van der Waals surface area contributed by atoms with E-state index in [1.165, 1.54) is 0 Å². The van der Waals surface area contributed by atoms with Gasteiger partial charge in [-0.3, -0.25) is 9.36 Å². The molecule has 0 amide bonds. The molecule has 20 heavy (non-hydrogen) atoms. The van der Waals surface area contributed by atoms with E-state index in [9.17, 15) is 5.11 Å². The molecule has 0 saturated carbocycles. The van der Waals surface area contributed by atoms with Gasteiger partial charge >= 0.3 is 0 Å². The summed E-state index contributed by atoms with van der Waals surface area (Å²) in [5.41, 5.74) is 3.85. The molecule has 0 saturated heterocycles. The highest BCUT2D eigenvalue weighted by Gasteiger charge is 2.20. The number of aliphatic hydroxyl groups is 1. The summed E-state index contributed by atoms with van der Waals surface area (Å²) in [5, 5.41) is 19.4. The van der Waals surface area contributed by atoms with E-state index in [0.29, 0.717) is 6.42 Å². The van der Waals surface area contributed by atoms with Crippen LogP contribution >= 0.6 is 15.9 Å². The third-order valence-corrected chi connectivity index (χ3v) is 4.50. The second-order valence-electron chi connectivity index (χ2n) is 4.94. The van der Waals surface area contributed by atoms with Gasteiger partial charge in [-0.05, 0) is 36.2 Å². The number of rotatable bonds is 5. The lowest BCUT2D eigenvalue weighted by Crippen LogP contribution is -2.09. The number of aliphatic hydroxyl groups excluding tert-OH is 1. The highest BCUT2D eigenvalue weighted by molar-refractivity contribution is 9.10. The zero-order valence-electron chi connectivity index (χ0n) is 12.4. The lowest BCUT2D eigenvalue weighted by Gasteiger charge is -2.12. The molecule has 1 N–H and O–H groups in total. The molecule has 0 fully saturated rings. The first kappa shape index (κ1) is 15.3. The standard InChI is InChI=1S/C14H21BrN4O/c1-5-11-10(8-18(4)17-11)13(20)7-12-14(15)9(3)16-19(12)6-2/h8,13,20H,5-7H2,1-4H3. The van der Waals surface area contributed by atoms with Crippen molar-refractivity contribution in [2.24, 2.45) is 7.05 Å². The van der Waals surface area contributed by atoms with Crippen LogP contribution in [0.1, 0.15) is 42.6 Å². The Morgan fingerprint density at radius 2 is 2.05 bits per heavy atom. The van der Waals surface area contributed by atoms with Gasteiger partial charge in [0, 0.05) is 31.8 Å². The molecule has 6 heteroatoms. The molecule has 2 rings (SSSR count). The Hall–Kier alpha value is -1.14. The molecule has 0 aliphatic carbocycles. The van der Waals surface area contributed by atoms with Crippen molar-refractivity contribution < 1.29 is 5.11 Å². The number of hydrogen-bond donors (Lipinski definition) is 1. The fourth-order valence-corrected chi connectivity index (χ4v) is 2.91. The van der Waals surface area contributed by atoms with Gasteiger partial charge in [0.15, 0.2) is 0 Å².